The van der Waals surface area contributed by atoms with E-state index in [-0.39, 0.29) is 29.7 Å². The molecule has 2 saturated heterocycles. The van der Waals surface area contributed by atoms with Crippen LogP contribution in [-0.4, -0.2) is 59.9 Å². The Morgan fingerprint density at radius 2 is 2.05 bits per heavy atom. The van der Waals surface area contributed by atoms with E-state index in [1.807, 2.05) is 23.1 Å². The molecule has 1 spiro atoms. The number of nitriles is 1. The Morgan fingerprint density at radius 3 is 2.81 bits per heavy atom. The van der Waals surface area contributed by atoms with Gasteiger partial charge < -0.3 is 20.4 Å². The second kappa shape index (κ2) is 10.2. The molecule has 2 amide bonds. The molecular weight excluding hydrogens is 466 g/mol. The molecule has 0 radical (unpaired) electrons. The van der Waals surface area contributed by atoms with Crippen molar-refractivity contribution in [1.29, 1.82) is 5.26 Å². The lowest BCUT2D eigenvalue weighted by atomic mass is 9.79. The highest BCUT2D eigenvalue weighted by Crippen LogP contribution is 2.41. The standard InChI is InChI=1S/C28H33N7O2/c1-3-25(37)35-17-28(18-35)11-12-34(16-28)27-32-22-10-5-4-9-21(22)26(33-27)31-23(14-24(36)30-2)20-8-6-7-19(13-20)15-29/h3,6-8,13,23H,1,4-5,9-12,14,16-18H2,2H3,(H,30,36)(H,31,32,33)/t23-/m0/s1. The Kier molecular flexibility index (Phi) is 6.83. The molecule has 1 aliphatic carbocycles. The lowest BCUT2D eigenvalue weighted by molar-refractivity contribution is -0.136. The number of rotatable bonds is 7. The minimum atomic E-state index is -0.336. The average Bonchev–Trinajstić information content (AvgIpc) is 3.37. The molecule has 0 saturated carbocycles. The Balaban J connectivity index is 1.43. The molecule has 2 aromatic rings. The summed E-state index contributed by atoms with van der Waals surface area (Å²) in [6.45, 7) is 6.75. The van der Waals surface area contributed by atoms with Crippen molar-refractivity contribution in [2.45, 2.75) is 44.6 Å². The zero-order valence-electron chi connectivity index (χ0n) is 21.3. The van der Waals surface area contributed by atoms with Crippen molar-refractivity contribution in [2.24, 2.45) is 5.41 Å². The van der Waals surface area contributed by atoms with Gasteiger partial charge in [-0.15, -0.1) is 0 Å². The summed E-state index contributed by atoms with van der Waals surface area (Å²) in [5, 5.41) is 15.7. The number of nitrogens with zero attached hydrogens (tertiary/aromatic N) is 5. The topological polar surface area (TPSA) is 114 Å². The second-order valence-electron chi connectivity index (χ2n) is 10.4. The second-order valence-corrected chi connectivity index (χ2v) is 10.4. The number of aromatic nitrogens is 2. The van der Waals surface area contributed by atoms with Gasteiger partial charge in [0.2, 0.25) is 17.8 Å². The predicted octanol–water partition coefficient (Wildman–Crippen LogP) is 2.74. The van der Waals surface area contributed by atoms with Crippen LogP contribution in [0.25, 0.3) is 0 Å². The van der Waals surface area contributed by atoms with Crippen LogP contribution in [0.5, 0.6) is 0 Å². The first-order valence-corrected chi connectivity index (χ1v) is 13.0. The van der Waals surface area contributed by atoms with Crippen LogP contribution in [0, 0.1) is 16.7 Å². The van der Waals surface area contributed by atoms with Gasteiger partial charge in [-0.1, -0.05) is 18.7 Å². The molecule has 2 N–H and O–H groups in total. The molecule has 2 fully saturated rings. The number of amides is 2. The SMILES string of the molecule is C=CC(=O)N1CC2(CCN(c3nc4c(c(N[C@@H](CC(=O)NC)c5cccc(C#N)c5)n3)CCCC4)C2)C1. The molecular formula is C28H33N7O2. The lowest BCUT2D eigenvalue weighted by Gasteiger charge is -2.47. The van der Waals surface area contributed by atoms with E-state index in [0.29, 0.717) is 11.5 Å². The zero-order valence-corrected chi connectivity index (χ0v) is 21.3. The number of anilines is 2. The molecule has 3 aliphatic rings. The van der Waals surface area contributed by atoms with Crippen LogP contribution in [0.4, 0.5) is 11.8 Å². The first-order valence-electron chi connectivity index (χ1n) is 13.0. The average molecular weight is 500 g/mol. The summed E-state index contributed by atoms with van der Waals surface area (Å²) >= 11 is 0. The molecule has 37 heavy (non-hydrogen) atoms. The highest BCUT2D eigenvalue weighted by molar-refractivity contribution is 5.87. The Labute approximate surface area is 217 Å². The van der Waals surface area contributed by atoms with Gasteiger partial charge in [0.1, 0.15) is 5.82 Å². The van der Waals surface area contributed by atoms with E-state index in [4.69, 9.17) is 9.97 Å². The summed E-state index contributed by atoms with van der Waals surface area (Å²) in [5.74, 6) is 1.38. The normalized spacial score (nSPS) is 18.4. The summed E-state index contributed by atoms with van der Waals surface area (Å²) < 4.78 is 0. The molecule has 9 nitrogen and oxygen atoms in total. The number of fused-ring (bicyclic) bond motifs is 1. The van der Waals surface area contributed by atoms with Gasteiger partial charge in [0, 0.05) is 44.2 Å². The fourth-order valence-corrected chi connectivity index (χ4v) is 5.78. The number of nitrogens with one attached hydrogen (secondary N) is 2. The first-order chi connectivity index (χ1) is 17.9. The minimum Gasteiger partial charge on any atom is -0.362 e. The van der Waals surface area contributed by atoms with Gasteiger partial charge in [-0.05, 0) is 55.9 Å². The summed E-state index contributed by atoms with van der Waals surface area (Å²) in [4.78, 5) is 38.5. The van der Waals surface area contributed by atoms with Crippen LogP contribution in [0.2, 0.25) is 0 Å². The number of hydrogen-bond donors (Lipinski definition) is 2. The van der Waals surface area contributed by atoms with E-state index < -0.39 is 0 Å². The van der Waals surface area contributed by atoms with Gasteiger partial charge in [0.15, 0.2) is 0 Å². The van der Waals surface area contributed by atoms with Crippen LogP contribution < -0.4 is 15.5 Å². The third kappa shape index (κ3) is 5.01. The third-order valence-corrected chi connectivity index (χ3v) is 7.83. The number of aryl methyl sites for hydroxylation is 1. The molecule has 192 valence electrons. The van der Waals surface area contributed by atoms with E-state index in [1.54, 1.807) is 13.1 Å². The molecule has 2 aliphatic heterocycles. The maximum Gasteiger partial charge on any atom is 0.245 e. The Hall–Kier alpha value is -3.93. The van der Waals surface area contributed by atoms with Crippen LogP contribution >= 0.6 is 0 Å². The number of likely N-dealkylation sites (tertiary alicyclic amines) is 1. The van der Waals surface area contributed by atoms with Crippen molar-refractivity contribution in [3.05, 3.63) is 59.3 Å². The summed E-state index contributed by atoms with van der Waals surface area (Å²) in [5.41, 5.74) is 3.70. The van der Waals surface area contributed by atoms with Crippen molar-refractivity contribution in [3.63, 3.8) is 0 Å². The summed E-state index contributed by atoms with van der Waals surface area (Å²) in [6, 6.07) is 9.22. The van der Waals surface area contributed by atoms with Crippen LogP contribution in [-0.2, 0) is 22.4 Å². The number of carbonyl (C=O) groups is 2. The Bertz CT molecular complexity index is 1260. The van der Waals surface area contributed by atoms with E-state index >= 15 is 0 Å². The smallest absolute Gasteiger partial charge is 0.245 e. The molecule has 5 rings (SSSR count). The van der Waals surface area contributed by atoms with Crippen LogP contribution in [0.15, 0.2) is 36.9 Å². The largest absolute Gasteiger partial charge is 0.362 e. The number of hydrogen-bond acceptors (Lipinski definition) is 7. The molecule has 1 atom stereocenters. The van der Waals surface area contributed by atoms with Gasteiger partial charge in [0.25, 0.3) is 0 Å². The van der Waals surface area contributed by atoms with Gasteiger partial charge >= 0.3 is 0 Å². The van der Waals surface area contributed by atoms with Crippen molar-refractivity contribution in [1.82, 2.24) is 20.2 Å². The molecule has 9 heteroatoms. The molecule has 0 unspecified atom stereocenters. The van der Waals surface area contributed by atoms with E-state index in [0.717, 1.165) is 80.9 Å². The van der Waals surface area contributed by atoms with Crippen LogP contribution in [0.1, 0.15) is 54.1 Å². The monoisotopic (exact) mass is 499 g/mol. The maximum atomic E-state index is 12.4. The van der Waals surface area contributed by atoms with Gasteiger partial charge in [-0.25, -0.2) is 4.98 Å². The van der Waals surface area contributed by atoms with Crippen LogP contribution in [0.3, 0.4) is 0 Å². The summed E-state index contributed by atoms with van der Waals surface area (Å²) in [7, 11) is 1.63. The highest BCUT2D eigenvalue weighted by atomic mass is 16.2. The van der Waals surface area contributed by atoms with E-state index in [9.17, 15) is 14.9 Å². The minimum absolute atomic E-state index is 0.0109. The van der Waals surface area contributed by atoms with Crippen molar-refractivity contribution >= 4 is 23.6 Å². The number of carbonyl (C=O) groups excluding carboxylic acids is 2. The molecule has 3 heterocycles. The molecule has 0 bridgehead atoms. The Morgan fingerprint density at radius 1 is 1.24 bits per heavy atom. The highest BCUT2D eigenvalue weighted by Gasteiger charge is 2.49. The fourth-order valence-electron chi connectivity index (χ4n) is 5.78. The third-order valence-electron chi connectivity index (χ3n) is 7.83. The van der Waals surface area contributed by atoms with Crippen molar-refractivity contribution in [3.8, 4) is 6.07 Å². The van der Waals surface area contributed by atoms with Gasteiger partial charge in [-0.3, -0.25) is 9.59 Å². The lowest BCUT2D eigenvalue weighted by Crippen LogP contribution is -2.59. The van der Waals surface area contributed by atoms with E-state index in [2.05, 4.69) is 28.2 Å². The van der Waals surface area contributed by atoms with Crippen molar-refractivity contribution in [2.75, 3.05) is 43.4 Å². The predicted molar refractivity (Wildman–Crippen MR) is 141 cm³/mol. The van der Waals surface area contributed by atoms with E-state index in [1.165, 1.54) is 6.08 Å². The number of benzene rings is 1. The first kappa shape index (κ1) is 24.8. The quantitative estimate of drug-likeness (QED) is 0.563. The molecule has 1 aromatic carbocycles. The summed E-state index contributed by atoms with van der Waals surface area (Å²) in [6.07, 6.45) is 6.57. The maximum absolute atomic E-state index is 12.4. The molecule has 1 aromatic heterocycles. The zero-order chi connectivity index (χ0) is 26.0. The van der Waals surface area contributed by atoms with Gasteiger partial charge in [-0.2, -0.15) is 10.2 Å². The van der Waals surface area contributed by atoms with Gasteiger partial charge in [0.05, 0.1) is 29.8 Å². The van der Waals surface area contributed by atoms with Crippen molar-refractivity contribution < 1.29 is 9.59 Å². The fraction of sp³-hybridized carbons (Fsp3) is 0.464.